The lowest BCUT2D eigenvalue weighted by Gasteiger charge is -2.34. The van der Waals surface area contributed by atoms with Gasteiger partial charge in [-0.2, -0.15) is 0 Å². The molecular weight excluding hydrogens is 407 g/mol. The van der Waals surface area contributed by atoms with Gasteiger partial charge in [0.05, 0.1) is 5.76 Å². The zero-order valence-corrected chi connectivity index (χ0v) is 19.5. The molecule has 0 spiro atoms. The minimum absolute atomic E-state index is 0.0238. The summed E-state index contributed by atoms with van der Waals surface area (Å²) in [5.74, 6) is 1.31. The van der Waals surface area contributed by atoms with Gasteiger partial charge < -0.3 is 23.7 Å². The second-order valence-corrected chi connectivity index (χ2v) is 9.86. The van der Waals surface area contributed by atoms with Gasteiger partial charge in [-0.3, -0.25) is 4.98 Å². The molecule has 170 valence electrons. The van der Waals surface area contributed by atoms with Crippen LogP contribution in [-0.2, 0) is 14.0 Å². The highest BCUT2D eigenvalue weighted by atomic mass is 16.7. The molecule has 2 fully saturated rings. The van der Waals surface area contributed by atoms with E-state index < -0.39 is 18.3 Å². The zero-order valence-electron chi connectivity index (χ0n) is 19.5. The third kappa shape index (κ3) is 4.70. The molecule has 2 aliphatic heterocycles. The molecule has 2 saturated heterocycles. The lowest BCUT2D eigenvalue weighted by Crippen LogP contribution is -2.45. The Hall–Kier alpha value is -2.74. The summed E-state index contributed by atoms with van der Waals surface area (Å²) < 4.78 is 24.1. The molecule has 0 atom stereocenters. The molecule has 1 aromatic heterocycles. The maximum Gasteiger partial charge on any atom is 0.567 e. The number of carbonyl (C=O) groups is 1. The van der Waals surface area contributed by atoms with Crippen LogP contribution in [0.4, 0.5) is 4.79 Å². The molecule has 0 radical (unpaired) electrons. The average molecular weight is 438 g/mol. The fourth-order valence-electron chi connectivity index (χ4n) is 3.93. The Morgan fingerprint density at radius 2 is 1.97 bits per heavy atom. The first kappa shape index (κ1) is 22.5. The number of aromatic nitrogens is 1. The Morgan fingerprint density at radius 3 is 2.59 bits per heavy atom. The third-order valence-electron chi connectivity index (χ3n) is 5.77. The van der Waals surface area contributed by atoms with Crippen molar-refractivity contribution in [2.75, 3.05) is 13.1 Å². The first-order chi connectivity index (χ1) is 15.0. The van der Waals surface area contributed by atoms with Crippen molar-refractivity contribution in [1.82, 2.24) is 9.88 Å². The van der Waals surface area contributed by atoms with Crippen molar-refractivity contribution in [3.63, 3.8) is 0 Å². The van der Waals surface area contributed by atoms with Gasteiger partial charge in [-0.15, -0.1) is 0 Å². The number of carbonyl (C=O) groups excluding carboxylic acids is 1. The number of likely N-dealkylation sites (tertiary alicyclic amines) is 1. The molecule has 1 amide bonds. The van der Waals surface area contributed by atoms with Crippen molar-refractivity contribution < 1.29 is 23.6 Å². The maximum atomic E-state index is 12.4. The quantitative estimate of drug-likeness (QED) is 0.674. The fraction of sp³-hybridized carbons (Fsp3) is 0.500. The summed E-state index contributed by atoms with van der Waals surface area (Å²) in [6, 6.07) is 5.88. The van der Waals surface area contributed by atoms with Gasteiger partial charge in [0, 0.05) is 43.8 Å². The van der Waals surface area contributed by atoms with Crippen LogP contribution in [0.25, 0.3) is 10.8 Å². The largest absolute Gasteiger partial charge is 0.567 e. The van der Waals surface area contributed by atoms with Crippen molar-refractivity contribution >= 4 is 29.4 Å². The van der Waals surface area contributed by atoms with Crippen LogP contribution in [0.3, 0.4) is 0 Å². The van der Waals surface area contributed by atoms with E-state index in [1.165, 1.54) is 0 Å². The maximum absolute atomic E-state index is 12.4. The molecule has 0 N–H and O–H groups in total. The molecule has 0 bridgehead atoms. The molecule has 4 rings (SSSR count). The van der Waals surface area contributed by atoms with E-state index in [0.29, 0.717) is 18.8 Å². The summed E-state index contributed by atoms with van der Waals surface area (Å²) in [5.41, 5.74) is -0.250. The standard InChI is InChI=1S/C24H31BN2O5/c1-16-24(5,6)32-25(31-16)21-19-9-12-26-15-17(19)7-8-20(21)29-18-10-13-27(14-11-18)22(28)30-23(2,3)4/h7-9,12,15,18H,1,10-11,13-14H2,2-6H3. The van der Waals surface area contributed by atoms with Crippen molar-refractivity contribution in [1.29, 1.82) is 0 Å². The Morgan fingerprint density at radius 1 is 1.25 bits per heavy atom. The Bertz CT molecular complexity index is 1020. The van der Waals surface area contributed by atoms with E-state index in [4.69, 9.17) is 18.8 Å². The first-order valence-electron chi connectivity index (χ1n) is 11.1. The van der Waals surface area contributed by atoms with Crippen LogP contribution in [0.1, 0.15) is 47.5 Å². The van der Waals surface area contributed by atoms with Crippen molar-refractivity contribution in [2.24, 2.45) is 0 Å². The van der Waals surface area contributed by atoms with E-state index in [9.17, 15) is 4.79 Å². The van der Waals surface area contributed by atoms with Crippen LogP contribution < -0.4 is 10.2 Å². The highest BCUT2D eigenvalue weighted by molar-refractivity contribution is 6.66. The summed E-state index contributed by atoms with van der Waals surface area (Å²) in [7, 11) is -0.611. The van der Waals surface area contributed by atoms with Gasteiger partial charge in [0.25, 0.3) is 0 Å². The first-order valence-corrected chi connectivity index (χ1v) is 11.1. The number of rotatable bonds is 3. The number of nitrogens with zero attached hydrogens (tertiary/aromatic N) is 2. The second kappa shape index (κ2) is 8.32. The van der Waals surface area contributed by atoms with Gasteiger partial charge in [-0.25, -0.2) is 4.79 Å². The monoisotopic (exact) mass is 438 g/mol. The number of ether oxygens (including phenoxy) is 2. The van der Waals surface area contributed by atoms with Gasteiger partial charge in [0.2, 0.25) is 0 Å². The zero-order chi connectivity index (χ0) is 23.1. The third-order valence-corrected chi connectivity index (χ3v) is 5.77. The van der Waals surface area contributed by atoms with Gasteiger partial charge in [0.1, 0.15) is 23.1 Å². The van der Waals surface area contributed by atoms with Crippen LogP contribution in [0.2, 0.25) is 0 Å². The number of hydrogen-bond acceptors (Lipinski definition) is 6. The number of piperidine rings is 1. The Kier molecular flexibility index (Phi) is 5.84. The summed E-state index contributed by atoms with van der Waals surface area (Å²) in [4.78, 5) is 18.3. The molecule has 2 aromatic rings. The van der Waals surface area contributed by atoms with E-state index >= 15 is 0 Å². The SMILES string of the molecule is C=C1OB(c2c(OC3CCN(C(=O)OC(C)(C)C)CC3)ccc3cnccc23)OC1(C)C. The van der Waals surface area contributed by atoms with Gasteiger partial charge in [-0.1, -0.05) is 6.58 Å². The number of benzene rings is 1. The van der Waals surface area contributed by atoms with Crippen LogP contribution in [-0.4, -0.2) is 53.5 Å². The van der Waals surface area contributed by atoms with Crippen molar-refractivity contribution in [3.05, 3.63) is 42.9 Å². The van der Waals surface area contributed by atoms with E-state index in [1.54, 1.807) is 11.1 Å². The van der Waals surface area contributed by atoms with E-state index in [-0.39, 0.29) is 12.2 Å². The molecule has 8 heteroatoms. The summed E-state index contributed by atoms with van der Waals surface area (Å²) >= 11 is 0. The van der Waals surface area contributed by atoms with Crippen molar-refractivity contribution in [2.45, 2.75) is 64.8 Å². The van der Waals surface area contributed by atoms with Crippen LogP contribution in [0.15, 0.2) is 42.9 Å². The van der Waals surface area contributed by atoms with Crippen molar-refractivity contribution in [3.8, 4) is 5.75 Å². The minimum Gasteiger partial charge on any atom is -0.534 e. The lowest BCUT2D eigenvalue weighted by atomic mass is 9.75. The molecule has 1 aromatic carbocycles. The lowest BCUT2D eigenvalue weighted by molar-refractivity contribution is 0.0127. The van der Waals surface area contributed by atoms with Crippen LogP contribution in [0, 0.1) is 0 Å². The van der Waals surface area contributed by atoms with Gasteiger partial charge >= 0.3 is 13.2 Å². The highest BCUT2D eigenvalue weighted by Gasteiger charge is 2.45. The number of amides is 1. The van der Waals surface area contributed by atoms with Crippen LogP contribution in [0.5, 0.6) is 5.75 Å². The summed E-state index contributed by atoms with van der Waals surface area (Å²) in [5, 5.41) is 1.95. The molecule has 3 heterocycles. The molecule has 0 aliphatic carbocycles. The molecule has 2 aliphatic rings. The average Bonchev–Trinajstić information content (AvgIpc) is 2.99. The number of fused-ring (bicyclic) bond motifs is 1. The predicted molar refractivity (Wildman–Crippen MR) is 124 cm³/mol. The Labute approximate surface area is 189 Å². The fourth-order valence-corrected chi connectivity index (χ4v) is 3.93. The highest BCUT2D eigenvalue weighted by Crippen LogP contribution is 2.32. The van der Waals surface area contributed by atoms with Crippen LogP contribution >= 0.6 is 0 Å². The topological polar surface area (TPSA) is 70.1 Å². The Balaban J connectivity index is 1.53. The number of hydrogen-bond donors (Lipinski definition) is 0. The smallest absolute Gasteiger partial charge is 0.534 e. The molecule has 0 unspecified atom stereocenters. The normalized spacial score (nSPS) is 19.2. The summed E-state index contributed by atoms with van der Waals surface area (Å²) in [6.07, 6.45) is 4.71. The summed E-state index contributed by atoms with van der Waals surface area (Å²) in [6.45, 7) is 14.7. The van der Waals surface area contributed by atoms with Gasteiger partial charge in [0.15, 0.2) is 0 Å². The minimum atomic E-state index is -0.611. The van der Waals surface area contributed by atoms with Gasteiger partial charge in [-0.05, 0) is 63.6 Å². The van der Waals surface area contributed by atoms with E-state index in [2.05, 4.69) is 11.6 Å². The molecule has 0 saturated carbocycles. The van der Waals surface area contributed by atoms with E-state index in [0.717, 1.165) is 34.8 Å². The molecule has 7 nitrogen and oxygen atoms in total. The second-order valence-electron chi connectivity index (χ2n) is 9.86. The van der Waals surface area contributed by atoms with E-state index in [1.807, 2.05) is 59.0 Å². The predicted octanol–water partition coefficient (Wildman–Crippen LogP) is 4.05. The number of pyridine rings is 1. The molecule has 32 heavy (non-hydrogen) atoms. The molecular formula is C24H31BN2O5.